The molecule has 2 nitrogen and oxygen atoms in total. The third-order valence-electron chi connectivity index (χ3n) is 2.94. The molecule has 0 radical (unpaired) electrons. The molecule has 1 fully saturated rings. The topological polar surface area (TPSA) is 37.3 Å². The monoisotopic (exact) mass is 264 g/mol. The van der Waals surface area contributed by atoms with Gasteiger partial charge in [0.2, 0.25) is 0 Å². The van der Waals surface area contributed by atoms with Gasteiger partial charge in [0, 0.05) is 5.02 Å². The van der Waals surface area contributed by atoms with E-state index < -0.39 is 23.1 Å². The molecule has 1 N–H and O–H groups in total. The largest absolute Gasteiger partial charge is 0.481 e. The fraction of sp³-hybridized carbons (Fsp3) is 0.364. The van der Waals surface area contributed by atoms with Gasteiger partial charge in [-0.25, -0.2) is 0 Å². The molecule has 17 heavy (non-hydrogen) atoms. The van der Waals surface area contributed by atoms with Crippen LogP contribution in [0.4, 0.5) is 13.2 Å². The van der Waals surface area contributed by atoms with Crippen molar-refractivity contribution in [1.82, 2.24) is 0 Å². The number of carbonyl (C=O) groups is 1. The summed E-state index contributed by atoms with van der Waals surface area (Å²) in [6, 6.07) is 2.95. The van der Waals surface area contributed by atoms with Gasteiger partial charge in [0.1, 0.15) is 0 Å². The smallest absolute Gasteiger partial charge is 0.416 e. The average Bonchev–Trinajstić information content (AvgIpc) is 2.95. The molecule has 0 unspecified atom stereocenters. The Morgan fingerprint density at radius 2 is 1.88 bits per heavy atom. The summed E-state index contributed by atoms with van der Waals surface area (Å²) in [5.41, 5.74) is -1.96. The summed E-state index contributed by atoms with van der Waals surface area (Å²) in [6.07, 6.45) is -3.83. The first-order valence-electron chi connectivity index (χ1n) is 4.87. The number of alkyl halides is 3. The minimum atomic E-state index is -4.52. The van der Waals surface area contributed by atoms with Crippen molar-refractivity contribution in [3.63, 3.8) is 0 Å². The Morgan fingerprint density at radius 3 is 2.29 bits per heavy atom. The van der Waals surface area contributed by atoms with E-state index in [-0.39, 0.29) is 10.6 Å². The molecule has 0 saturated heterocycles. The second kappa shape index (κ2) is 3.63. The summed E-state index contributed by atoms with van der Waals surface area (Å²) >= 11 is 5.60. The van der Waals surface area contributed by atoms with Crippen LogP contribution in [0.25, 0.3) is 0 Å². The minimum Gasteiger partial charge on any atom is -0.481 e. The molecule has 1 aromatic rings. The van der Waals surface area contributed by atoms with Gasteiger partial charge in [-0.2, -0.15) is 13.2 Å². The van der Waals surface area contributed by atoms with Crippen LogP contribution in [0.3, 0.4) is 0 Å². The van der Waals surface area contributed by atoms with E-state index in [1.807, 2.05) is 0 Å². The predicted molar refractivity (Wildman–Crippen MR) is 55.0 cm³/mol. The van der Waals surface area contributed by atoms with Crippen molar-refractivity contribution >= 4 is 17.6 Å². The van der Waals surface area contributed by atoms with Gasteiger partial charge in [0.25, 0.3) is 0 Å². The van der Waals surface area contributed by atoms with Crippen LogP contribution in [-0.2, 0) is 16.4 Å². The second-order valence-corrected chi connectivity index (χ2v) is 4.55. The van der Waals surface area contributed by atoms with Crippen LogP contribution in [0.1, 0.15) is 24.0 Å². The number of hydrogen-bond acceptors (Lipinski definition) is 1. The highest BCUT2D eigenvalue weighted by molar-refractivity contribution is 6.30. The molecule has 0 bridgehead atoms. The number of hydrogen-bond donors (Lipinski definition) is 1. The molecule has 1 aromatic carbocycles. The van der Waals surface area contributed by atoms with Crippen LogP contribution in [0.2, 0.25) is 5.02 Å². The lowest BCUT2D eigenvalue weighted by Crippen LogP contribution is -2.20. The van der Waals surface area contributed by atoms with Crippen molar-refractivity contribution in [2.75, 3.05) is 0 Å². The molecule has 6 heteroatoms. The molecule has 0 spiro atoms. The van der Waals surface area contributed by atoms with E-state index in [0.717, 1.165) is 12.1 Å². The van der Waals surface area contributed by atoms with E-state index in [1.165, 1.54) is 6.07 Å². The van der Waals surface area contributed by atoms with E-state index >= 15 is 0 Å². The standard InChI is InChI=1S/C11H8ClF3O2/c12-8-4-6(10(1-2-10)9(16)17)3-7(5-8)11(13,14)15/h3-5H,1-2H2,(H,16,17). The third-order valence-corrected chi connectivity index (χ3v) is 3.16. The van der Waals surface area contributed by atoms with Crippen LogP contribution < -0.4 is 0 Å². The first-order valence-corrected chi connectivity index (χ1v) is 5.25. The first-order chi connectivity index (χ1) is 7.75. The molecule has 1 saturated carbocycles. The van der Waals surface area contributed by atoms with Crippen LogP contribution in [0.5, 0.6) is 0 Å². The third kappa shape index (κ3) is 2.11. The zero-order chi connectivity index (χ0) is 12.8. The van der Waals surface area contributed by atoms with Gasteiger partial charge in [-0.1, -0.05) is 11.6 Å². The number of carboxylic acids is 1. The van der Waals surface area contributed by atoms with Crippen molar-refractivity contribution in [3.8, 4) is 0 Å². The zero-order valence-electron chi connectivity index (χ0n) is 8.51. The van der Waals surface area contributed by atoms with Crippen LogP contribution in [0, 0.1) is 0 Å². The van der Waals surface area contributed by atoms with Gasteiger partial charge in [0.05, 0.1) is 11.0 Å². The normalized spacial score (nSPS) is 17.9. The van der Waals surface area contributed by atoms with Gasteiger partial charge >= 0.3 is 12.1 Å². The van der Waals surface area contributed by atoms with E-state index in [0.29, 0.717) is 12.8 Å². The molecule has 0 heterocycles. The van der Waals surface area contributed by atoms with Gasteiger partial charge in [0.15, 0.2) is 0 Å². The maximum Gasteiger partial charge on any atom is 0.416 e. The molecule has 1 aliphatic carbocycles. The van der Waals surface area contributed by atoms with Crippen molar-refractivity contribution in [1.29, 1.82) is 0 Å². The molecular formula is C11H8ClF3O2. The number of aliphatic carboxylic acids is 1. The van der Waals surface area contributed by atoms with Gasteiger partial charge in [-0.05, 0) is 36.6 Å². The Bertz CT molecular complexity index is 478. The maximum atomic E-state index is 12.6. The Morgan fingerprint density at radius 1 is 1.29 bits per heavy atom. The highest BCUT2D eigenvalue weighted by Crippen LogP contribution is 2.50. The lowest BCUT2D eigenvalue weighted by atomic mass is 9.94. The Labute approximate surface area is 100 Å². The van der Waals surface area contributed by atoms with Gasteiger partial charge in [-0.15, -0.1) is 0 Å². The SMILES string of the molecule is O=C(O)C1(c2cc(Cl)cc(C(F)(F)F)c2)CC1. The van der Waals surface area contributed by atoms with Gasteiger partial charge < -0.3 is 5.11 Å². The van der Waals surface area contributed by atoms with Crippen molar-refractivity contribution < 1.29 is 23.1 Å². The minimum absolute atomic E-state index is 0.0950. The quantitative estimate of drug-likeness (QED) is 0.888. The molecule has 2 rings (SSSR count). The Hall–Kier alpha value is -1.23. The highest BCUT2D eigenvalue weighted by atomic mass is 35.5. The van der Waals surface area contributed by atoms with E-state index in [4.69, 9.17) is 16.7 Å². The predicted octanol–water partition coefficient (Wildman–Crippen LogP) is 3.48. The molecule has 1 aliphatic rings. The summed E-state index contributed by atoms with van der Waals surface area (Å²) in [4.78, 5) is 11.0. The number of halogens is 4. The van der Waals surface area contributed by atoms with Gasteiger partial charge in [-0.3, -0.25) is 4.79 Å². The Balaban J connectivity index is 2.50. The number of rotatable bonds is 2. The Kier molecular flexibility index (Phi) is 2.61. The fourth-order valence-electron chi connectivity index (χ4n) is 1.78. The lowest BCUT2D eigenvalue weighted by molar-refractivity contribution is -0.141. The van der Waals surface area contributed by atoms with Crippen molar-refractivity contribution in [2.24, 2.45) is 0 Å². The summed E-state index contributed by atoms with van der Waals surface area (Å²) in [5, 5.41) is 8.92. The second-order valence-electron chi connectivity index (χ2n) is 4.11. The van der Waals surface area contributed by atoms with E-state index in [2.05, 4.69) is 0 Å². The van der Waals surface area contributed by atoms with Crippen molar-refractivity contribution in [2.45, 2.75) is 24.4 Å². The van der Waals surface area contributed by atoms with Crippen LogP contribution >= 0.6 is 11.6 Å². The summed E-state index contributed by atoms with van der Waals surface area (Å²) in [5.74, 6) is -1.10. The lowest BCUT2D eigenvalue weighted by Gasteiger charge is -2.14. The maximum absolute atomic E-state index is 12.6. The molecule has 92 valence electrons. The molecule has 0 amide bonds. The fourth-order valence-corrected chi connectivity index (χ4v) is 2.02. The molecule has 0 aromatic heterocycles. The molecule has 0 atom stereocenters. The average molecular weight is 265 g/mol. The van der Waals surface area contributed by atoms with Crippen LogP contribution in [-0.4, -0.2) is 11.1 Å². The summed E-state index contributed by atoms with van der Waals surface area (Å²) in [7, 11) is 0. The number of carboxylic acid groups (broad SMARTS) is 1. The van der Waals surface area contributed by atoms with E-state index in [1.54, 1.807) is 0 Å². The molecule has 0 aliphatic heterocycles. The molecular weight excluding hydrogens is 257 g/mol. The zero-order valence-corrected chi connectivity index (χ0v) is 9.27. The van der Waals surface area contributed by atoms with E-state index in [9.17, 15) is 18.0 Å². The highest BCUT2D eigenvalue weighted by Gasteiger charge is 2.52. The van der Waals surface area contributed by atoms with Crippen molar-refractivity contribution in [3.05, 3.63) is 34.3 Å². The summed E-state index contributed by atoms with van der Waals surface area (Å²) in [6.45, 7) is 0. The van der Waals surface area contributed by atoms with Crippen LogP contribution in [0.15, 0.2) is 18.2 Å². The number of benzene rings is 1. The first kappa shape index (κ1) is 12.2. The summed E-state index contributed by atoms with van der Waals surface area (Å²) < 4.78 is 37.7.